The van der Waals surface area contributed by atoms with Crippen molar-refractivity contribution in [3.63, 3.8) is 0 Å². The molecule has 0 saturated heterocycles. The molecule has 0 heterocycles. The lowest BCUT2D eigenvalue weighted by Gasteiger charge is -2.32. The van der Waals surface area contributed by atoms with Crippen molar-refractivity contribution in [1.29, 1.82) is 0 Å². The predicted octanol–water partition coefficient (Wildman–Crippen LogP) is 1.59. The molecule has 12 heavy (non-hydrogen) atoms. The molecule has 1 rings (SSSR count). The molecule has 0 amide bonds. The molecular weight excluding hydrogens is 148 g/mol. The molecule has 0 atom stereocenters. The Morgan fingerprint density at radius 1 is 1.25 bits per heavy atom. The maximum Gasteiger partial charge on any atom is 0.0256 e. The van der Waals surface area contributed by atoms with Crippen molar-refractivity contribution in [1.82, 2.24) is 10.2 Å². The SMILES string of the molecule is C=CNC1CCC(N(C)C)CC1. The maximum atomic E-state index is 3.69. The van der Waals surface area contributed by atoms with Crippen LogP contribution < -0.4 is 5.32 Å². The average molecular weight is 168 g/mol. The number of hydrogen-bond acceptors (Lipinski definition) is 2. The first-order chi connectivity index (χ1) is 5.74. The lowest BCUT2D eigenvalue weighted by molar-refractivity contribution is 0.210. The molecule has 70 valence electrons. The predicted molar refractivity (Wildman–Crippen MR) is 53.1 cm³/mol. The van der Waals surface area contributed by atoms with Crippen LogP contribution in [0.2, 0.25) is 0 Å². The van der Waals surface area contributed by atoms with Gasteiger partial charge in [-0.3, -0.25) is 0 Å². The van der Waals surface area contributed by atoms with Gasteiger partial charge in [0, 0.05) is 12.1 Å². The fraction of sp³-hybridized carbons (Fsp3) is 0.800. The van der Waals surface area contributed by atoms with Gasteiger partial charge in [-0.05, 0) is 46.0 Å². The molecule has 0 aliphatic heterocycles. The van der Waals surface area contributed by atoms with Crippen LogP contribution in [-0.4, -0.2) is 31.1 Å². The summed E-state index contributed by atoms with van der Waals surface area (Å²) in [7, 11) is 4.35. The van der Waals surface area contributed by atoms with Gasteiger partial charge in [-0.2, -0.15) is 0 Å². The molecule has 0 aromatic rings. The van der Waals surface area contributed by atoms with E-state index < -0.39 is 0 Å². The van der Waals surface area contributed by atoms with Crippen LogP contribution in [0.15, 0.2) is 12.8 Å². The highest BCUT2D eigenvalue weighted by Gasteiger charge is 2.20. The van der Waals surface area contributed by atoms with Gasteiger partial charge in [-0.15, -0.1) is 0 Å². The van der Waals surface area contributed by atoms with Crippen molar-refractivity contribution in [3.8, 4) is 0 Å². The summed E-state index contributed by atoms with van der Waals surface area (Å²) in [5, 5.41) is 3.29. The van der Waals surface area contributed by atoms with Crippen LogP contribution >= 0.6 is 0 Å². The summed E-state index contributed by atoms with van der Waals surface area (Å²) < 4.78 is 0. The second-order valence-electron chi connectivity index (χ2n) is 3.84. The molecule has 0 bridgehead atoms. The smallest absolute Gasteiger partial charge is 0.0256 e. The molecule has 1 saturated carbocycles. The van der Waals surface area contributed by atoms with Gasteiger partial charge in [0.2, 0.25) is 0 Å². The Labute approximate surface area is 75.6 Å². The van der Waals surface area contributed by atoms with E-state index in [1.54, 1.807) is 0 Å². The van der Waals surface area contributed by atoms with Gasteiger partial charge in [0.25, 0.3) is 0 Å². The van der Waals surface area contributed by atoms with Crippen molar-refractivity contribution >= 4 is 0 Å². The maximum absolute atomic E-state index is 3.69. The Bertz CT molecular complexity index is 135. The number of nitrogens with zero attached hydrogens (tertiary/aromatic N) is 1. The molecular formula is C10H20N2. The molecule has 0 aromatic carbocycles. The fourth-order valence-electron chi connectivity index (χ4n) is 1.93. The summed E-state index contributed by atoms with van der Waals surface area (Å²) in [6.45, 7) is 3.69. The van der Waals surface area contributed by atoms with E-state index in [0.29, 0.717) is 6.04 Å². The number of rotatable bonds is 3. The zero-order valence-electron chi connectivity index (χ0n) is 8.21. The number of hydrogen-bond donors (Lipinski definition) is 1. The Morgan fingerprint density at radius 2 is 1.83 bits per heavy atom. The van der Waals surface area contributed by atoms with Crippen LogP contribution in [0.4, 0.5) is 0 Å². The van der Waals surface area contributed by atoms with Gasteiger partial charge in [0.15, 0.2) is 0 Å². The summed E-state index contributed by atoms with van der Waals surface area (Å²) >= 11 is 0. The summed E-state index contributed by atoms with van der Waals surface area (Å²) in [6, 6.07) is 1.48. The minimum atomic E-state index is 0.679. The Morgan fingerprint density at radius 3 is 2.25 bits per heavy atom. The first-order valence-electron chi connectivity index (χ1n) is 4.77. The van der Waals surface area contributed by atoms with E-state index in [1.165, 1.54) is 25.7 Å². The van der Waals surface area contributed by atoms with Crippen molar-refractivity contribution in [2.24, 2.45) is 0 Å². The molecule has 0 aromatic heterocycles. The topological polar surface area (TPSA) is 15.3 Å². The zero-order chi connectivity index (χ0) is 8.97. The van der Waals surface area contributed by atoms with Crippen LogP contribution in [0.25, 0.3) is 0 Å². The number of nitrogens with one attached hydrogen (secondary N) is 1. The molecule has 2 heteroatoms. The minimum absolute atomic E-state index is 0.679. The first-order valence-corrected chi connectivity index (χ1v) is 4.77. The van der Waals surface area contributed by atoms with E-state index in [9.17, 15) is 0 Å². The highest BCUT2D eigenvalue weighted by molar-refractivity contribution is 4.83. The van der Waals surface area contributed by atoms with Crippen molar-refractivity contribution in [2.75, 3.05) is 14.1 Å². The molecule has 1 fully saturated rings. The largest absolute Gasteiger partial charge is 0.389 e. The molecule has 0 spiro atoms. The first kappa shape index (κ1) is 9.59. The van der Waals surface area contributed by atoms with Crippen LogP contribution in [0.1, 0.15) is 25.7 Å². The summed E-state index contributed by atoms with van der Waals surface area (Å²) in [5.74, 6) is 0. The van der Waals surface area contributed by atoms with Crippen LogP contribution in [0, 0.1) is 0 Å². The van der Waals surface area contributed by atoms with Gasteiger partial charge in [-0.1, -0.05) is 6.58 Å². The molecule has 2 nitrogen and oxygen atoms in total. The van der Waals surface area contributed by atoms with Crippen molar-refractivity contribution in [2.45, 2.75) is 37.8 Å². The molecule has 0 radical (unpaired) electrons. The van der Waals surface area contributed by atoms with E-state index >= 15 is 0 Å². The highest BCUT2D eigenvalue weighted by atomic mass is 15.1. The molecule has 1 aliphatic carbocycles. The van der Waals surface area contributed by atoms with E-state index in [4.69, 9.17) is 0 Å². The fourth-order valence-corrected chi connectivity index (χ4v) is 1.93. The third kappa shape index (κ3) is 2.52. The van der Waals surface area contributed by atoms with Crippen LogP contribution in [-0.2, 0) is 0 Å². The third-order valence-corrected chi connectivity index (χ3v) is 2.78. The highest BCUT2D eigenvalue weighted by Crippen LogP contribution is 2.21. The normalized spacial score (nSPS) is 30.2. The standard InChI is InChI=1S/C10H20N2/c1-4-11-9-5-7-10(8-6-9)12(2)3/h4,9-11H,1,5-8H2,2-3H3. The van der Waals surface area contributed by atoms with Gasteiger partial charge in [0.05, 0.1) is 0 Å². The van der Waals surface area contributed by atoms with E-state index in [0.717, 1.165) is 6.04 Å². The van der Waals surface area contributed by atoms with Crippen LogP contribution in [0.3, 0.4) is 0 Å². The third-order valence-electron chi connectivity index (χ3n) is 2.78. The molecule has 0 unspecified atom stereocenters. The lowest BCUT2D eigenvalue weighted by atomic mass is 9.91. The summed E-state index contributed by atoms with van der Waals surface area (Å²) in [5.41, 5.74) is 0. The van der Waals surface area contributed by atoms with Gasteiger partial charge in [0.1, 0.15) is 0 Å². The Balaban J connectivity index is 2.24. The minimum Gasteiger partial charge on any atom is -0.389 e. The lowest BCUT2D eigenvalue weighted by Crippen LogP contribution is -2.37. The zero-order valence-corrected chi connectivity index (χ0v) is 8.21. The van der Waals surface area contributed by atoms with Gasteiger partial charge >= 0.3 is 0 Å². The summed E-state index contributed by atoms with van der Waals surface area (Å²) in [6.07, 6.45) is 7.03. The van der Waals surface area contributed by atoms with E-state index in [-0.39, 0.29) is 0 Å². The monoisotopic (exact) mass is 168 g/mol. The van der Waals surface area contributed by atoms with Crippen molar-refractivity contribution in [3.05, 3.63) is 12.8 Å². The Hall–Kier alpha value is -0.500. The summed E-state index contributed by atoms with van der Waals surface area (Å²) in [4.78, 5) is 2.34. The van der Waals surface area contributed by atoms with Crippen molar-refractivity contribution < 1.29 is 0 Å². The van der Waals surface area contributed by atoms with Gasteiger partial charge < -0.3 is 10.2 Å². The van der Waals surface area contributed by atoms with E-state index in [1.807, 2.05) is 6.20 Å². The second-order valence-corrected chi connectivity index (χ2v) is 3.84. The van der Waals surface area contributed by atoms with Gasteiger partial charge in [-0.25, -0.2) is 0 Å². The second kappa shape index (κ2) is 4.51. The quantitative estimate of drug-likeness (QED) is 0.688. The van der Waals surface area contributed by atoms with Crippen LogP contribution in [0.5, 0.6) is 0 Å². The molecule has 1 N–H and O–H groups in total. The van der Waals surface area contributed by atoms with E-state index in [2.05, 4.69) is 30.9 Å². The Kier molecular flexibility index (Phi) is 3.60. The average Bonchev–Trinajstić information content (AvgIpc) is 2.06. The molecule has 1 aliphatic rings.